The summed E-state index contributed by atoms with van der Waals surface area (Å²) in [5, 5.41) is 20.2. The number of rotatable bonds is 5. The van der Waals surface area contributed by atoms with Gasteiger partial charge < -0.3 is 10.2 Å². The fourth-order valence-electron chi connectivity index (χ4n) is 2.20. The highest BCUT2D eigenvalue weighted by Crippen LogP contribution is 2.53. The van der Waals surface area contributed by atoms with Gasteiger partial charge in [-0.2, -0.15) is 0 Å². The van der Waals surface area contributed by atoms with Crippen LogP contribution < -0.4 is 0 Å². The van der Waals surface area contributed by atoms with Gasteiger partial charge in [-0.05, 0) is 87.5 Å². The molecule has 6 heteroatoms. The quantitative estimate of drug-likeness (QED) is 0.375. The Morgan fingerprint density at radius 3 is 1.27 bits per heavy atom. The van der Waals surface area contributed by atoms with Crippen LogP contribution in [-0.4, -0.2) is 10.2 Å². The first-order valence-corrected chi connectivity index (χ1v) is 13.1. The lowest BCUT2D eigenvalue weighted by Crippen LogP contribution is -2.10. The number of aromatic hydroxyl groups is 2. The number of hydrogen-bond acceptors (Lipinski definition) is 6. The Hall–Kier alpha value is -0.560. The molecule has 2 N–H and O–H groups in total. The summed E-state index contributed by atoms with van der Waals surface area (Å²) < 4.78 is 0. The Morgan fingerprint density at radius 2 is 0.962 bits per heavy atom. The van der Waals surface area contributed by atoms with Gasteiger partial charge in [0.1, 0.15) is 11.5 Å². The molecule has 0 heterocycles. The minimum absolute atomic E-state index is 0.0504. The SMILES string of the molecule is CC(C)(C)c1ccc(O)c(SSSSc2cc(C(C)(C)C)ccc2O)c1. The molecule has 0 saturated heterocycles. The second-order valence-corrected chi connectivity index (χ2v) is 13.9. The van der Waals surface area contributed by atoms with Gasteiger partial charge >= 0.3 is 0 Å². The molecule has 142 valence electrons. The number of hydrogen-bond donors (Lipinski definition) is 2. The fraction of sp³-hybridized carbons (Fsp3) is 0.400. The molecule has 0 unspecified atom stereocenters. The molecule has 0 fully saturated rings. The second-order valence-electron chi connectivity index (χ2n) is 8.17. The van der Waals surface area contributed by atoms with E-state index in [0.717, 1.165) is 9.79 Å². The van der Waals surface area contributed by atoms with E-state index in [1.165, 1.54) is 32.7 Å². The molecule has 0 aliphatic heterocycles. The third-order valence-corrected chi connectivity index (χ3v) is 10.0. The molecular formula is C20H26O2S4. The van der Waals surface area contributed by atoms with E-state index in [2.05, 4.69) is 53.7 Å². The largest absolute Gasteiger partial charge is 0.507 e. The van der Waals surface area contributed by atoms with Gasteiger partial charge in [0, 0.05) is 0 Å². The third-order valence-electron chi connectivity index (χ3n) is 3.93. The van der Waals surface area contributed by atoms with E-state index in [0.29, 0.717) is 11.5 Å². The number of phenols is 2. The monoisotopic (exact) mass is 426 g/mol. The zero-order valence-corrected chi connectivity index (χ0v) is 19.3. The Kier molecular flexibility index (Phi) is 7.22. The third kappa shape index (κ3) is 5.98. The maximum Gasteiger partial charge on any atom is 0.130 e. The van der Waals surface area contributed by atoms with Gasteiger partial charge in [0.25, 0.3) is 0 Å². The number of phenolic OH excluding ortho intramolecular Hbond substituents is 2. The van der Waals surface area contributed by atoms with Crippen molar-refractivity contribution in [3.8, 4) is 11.5 Å². The molecule has 0 spiro atoms. The van der Waals surface area contributed by atoms with Crippen LogP contribution in [0.25, 0.3) is 0 Å². The van der Waals surface area contributed by atoms with Crippen LogP contribution in [0.5, 0.6) is 11.5 Å². The van der Waals surface area contributed by atoms with Crippen LogP contribution in [0.1, 0.15) is 52.7 Å². The molecule has 2 nitrogen and oxygen atoms in total. The minimum Gasteiger partial charge on any atom is -0.507 e. The van der Waals surface area contributed by atoms with Gasteiger partial charge in [-0.15, -0.1) is 0 Å². The summed E-state index contributed by atoms with van der Waals surface area (Å²) in [5.41, 5.74) is 2.50. The van der Waals surface area contributed by atoms with Crippen molar-refractivity contribution in [3.63, 3.8) is 0 Å². The highest BCUT2D eigenvalue weighted by atomic mass is 33.7. The van der Waals surface area contributed by atoms with E-state index in [1.807, 2.05) is 12.1 Å². The van der Waals surface area contributed by atoms with Crippen LogP contribution in [0.4, 0.5) is 0 Å². The van der Waals surface area contributed by atoms with E-state index in [1.54, 1.807) is 31.8 Å². The predicted octanol–water partition coefficient (Wildman–Crippen LogP) is 7.79. The lowest BCUT2D eigenvalue weighted by Gasteiger charge is -2.20. The molecule has 0 amide bonds. The van der Waals surface area contributed by atoms with Crippen molar-refractivity contribution in [1.29, 1.82) is 0 Å². The van der Waals surface area contributed by atoms with Gasteiger partial charge in [0.05, 0.1) is 9.79 Å². The molecule has 0 aliphatic rings. The van der Waals surface area contributed by atoms with Crippen LogP contribution in [0.3, 0.4) is 0 Å². The molecule has 2 rings (SSSR count). The van der Waals surface area contributed by atoms with Crippen LogP contribution in [0, 0.1) is 0 Å². The van der Waals surface area contributed by atoms with Crippen molar-refractivity contribution >= 4 is 41.2 Å². The summed E-state index contributed by atoms with van der Waals surface area (Å²) in [4.78, 5) is 1.73. The summed E-state index contributed by atoms with van der Waals surface area (Å²) in [6.07, 6.45) is 0. The first kappa shape index (κ1) is 21.7. The first-order chi connectivity index (χ1) is 12.0. The van der Waals surface area contributed by atoms with E-state index in [-0.39, 0.29) is 10.8 Å². The van der Waals surface area contributed by atoms with Crippen molar-refractivity contribution in [2.24, 2.45) is 0 Å². The summed E-state index contributed by atoms with van der Waals surface area (Å²) in [7, 11) is 6.24. The van der Waals surface area contributed by atoms with E-state index < -0.39 is 0 Å². The highest BCUT2D eigenvalue weighted by Gasteiger charge is 2.17. The molecule has 2 aromatic carbocycles. The summed E-state index contributed by atoms with van der Waals surface area (Å²) in [6, 6.07) is 11.6. The van der Waals surface area contributed by atoms with Gasteiger partial charge in [0.15, 0.2) is 0 Å². The zero-order chi connectivity index (χ0) is 19.5. The second kappa shape index (κ2) is 8.63. The topological polar surface area (TPSA) is 40.5 Å². The van der Waals surface area contributed by atoms with Crippen LogP contribution in [0.2, 0.25) is 0 Å². The van der Waals surface area contributed by atoms with Gasteiger partial charge in [-0.1, -0.05) is 53.7 Å². The first-order valence-electron chi connectivity index (χ1n) is 8.33. The molecule has 0 radical (unpaired) electrons. The summed E-state index contributed by atoms with van der Waals surface area (Å²) in [5.74, 6) is 0.609. The Bertz CT molecular complexity index is 696. The van der Waals surface area contributed by atoms with Gasteiger partial charge in [0.2, 0.25) is 0 Å². The molecule has 0 aromatic heterocycles. The molecular weight excluding hydrogens is 400 g/mol. The molecule has 26 heavy (non-hydrogen) atoms. The highest BCUT2D eigenvalue weighted by molar-refractivity contribution is 9.26. The summed E-state index contributed by atoms with van der Waals surface area (Å²) in [6.45, 7) is 13.0. The average Bonchev–Trinajstić information content (AvgIpc) is 2.52. The fourth-order valence-corrected chi connectivity index (χ4v) is 7.78. The van der Waals surface area contributed by atoms with Crippen LogP contribution in [-0.2, 0) is 10.8 Å². The Balaban J connectivity index is 2.00. The van der Waals surface area contributed by atoms with Crippen molar-refractivity contribution in [1.82, 2.24) is 0 Å². The minimum atomic E-state index is 0.0504. The zero-order valence-electron chi connectivity index (χ0n) is 16.0. The normalized spacial score (nSPS) is 12.4. The van der Waals surface area contributed by atoms with E-state index >= 15 is 0 Å². The van der Waals surface area contributed by atoms with Crippen molar-refractivity contribution in [3.05, 3.63) is 47.5 Å². The lowest BCUT2D eigenvalue weighted by atomic mass is 9.87. The number of benzene rings is 2. The van der Waals surface area contributed by atoms with E-state index in [4.69, 9.17) is 0 Å². The Morgan fingerprint density at radius 1 is 0.615 bits per heavy atom. The van der Waals surface area contributed by atoms with Crippen molar-refractivity contribution in [2.75, 3.05) is 0 Å². The lowest BCUT2D eigenvalue weighted by molar-refractivity contribution is 0.460. The Labute approximate surface area is 172 Å². The molecule has 0 aliphatic carbocycles. The van der Waals surface area contributed by atoms with Gasteiger partial charge in [-0.25, -0.2) is 0 Å². The van der Waals surface area contributed by atoms with Crippen molar-refractivity contribution < 1.29 is 10.2 Å². The maximum absolute atomic E-state index is 10.1. The van der Waals surface area contributed by atoms with Crippen LogP contribution in [0.15, 0.2) is 46.2 Å². The van der Waals surface area contributed by atoms with Crippen molar-refractivity contribution in [2.45, 2.75) is 62.2 Å². The van der Waals surface area contributed by atoms with E-state index in [9.17, 15) is 10.2 Å². The molecule has 0 atom stereocenters. The van der Waals surface area contributed by atoms with Gasteiger partial charge in [-0.3, -0.25) is 0 Å². The molecule has 0 saturated carbocycles. The summed E-state index contributed by atoms with van der Waals surface area (Å²) >= 11 is 0. The standard InChI is InChI=1S/C20H26O2S4/c1-19(2,3)13-7-9-15(21)17(11-13)23-25-26-24-18-12-14(20(4,5)6)8-10-16(18)22/h7-12,21-22H,1-6H3. The predicted molar refractivity (Wildman–Crippen MR) is 121 cm³/mol. The maximum atomic E-state index is 10.1. The van der Waals surface area contributed by atoms with Crippen LogP contribution >= 0.6 is 41.2 Å². The molecule has 2 aromatic rings. The smallest absolute Gasteiger partial charge is 0.130 e. The average molecular weight is 427 g/mol. The molecule has 0 bridgehead atoms.